The molecule has 2 rings (SSSR count). The maximum Gasteiger partial charge on any atom is 0.410 e. The summed E-state index contributed by atoms with van der Waals surface area (Å²) in [5, 5.41) is 0. The molecule has 0 aromatic rings. The minimum absolute atomic E-state index is 0.0229. The van der Waals surface area contributed by atoms with Crippen molar-refractivity contribution in [3.05, 3.63) is 0 Å². The van der Waals surface area contributed by atoms with Crippen LogP contribution in [0.3, 0.4) is 0 Å². The summed E-state index contributed by atoms with van der Waals surface area (Å²) in [6, 6.07) is -0.187. The standard InChI is InChI=1S/C22H38N2O7/c1-22(2,3)31-21(27)24-12-18(30-14-19(25)23(4)5)11-16(24)13-29-17-9-7-15(8-10-17)20(26)28-6/h15-18H,7-14H2,1-6H3/t15?,16-,17?,18-/m0/s1. The third-order valence-corrected chi connectivity index (χ3v) is 5.68. The molecule has 1 aliphatic heterocycles. The molecule has 0 N–H and O–H groups in total. The van der Waals surface area contributed by atoms with E-state index in [4.69, 9.17) is 18.9 Å². The highest BCUT2D eigenvalue weighted by molar-refractivity contribution is 5.76. The average molecular weight is 443 g/mol. The number of hydrogen-bond donors (Lipinski definition) is 0. The van der Waals surface area contributed by atoms with E-state index in [9.17, 15) is 14.4 Å². The van der Waals surface area contributed by atoms with Gasteiger partial charge in [-0.25, -0.2) is 4.79 Å². The number of esters is 1. The highest BCUT2D eigenvalue weighted by Crippen LogP contribution is 2.29. The summed E-state index contributed by atoms with van der Waals surface area (Å²) in [6.45, 7) is 6.19. The molecule has 9 nitrogen and oxygen atoms in total. The Morgan fingerprint density at radius 2 is 1.65 bits per heavy atom. The SMILES string of the molecule is COC(=O)C1CCC(OC[C@@H]2C[C@H](OCC(=O)N(C)C)CN2C(=O)OC(C)(C)C)CC1. The first-order valence-electron chi connectivity index (χ1n) is 11.0. The number of ether oxygens (including phenoxy) is 4. The van der Waals surface area contributed by atoms with Gasteiger partial charge >= 0.3 is 12.1 Å². The van der Waals surface area contributed by atoms with Gasteiger partial charge in [0.05, 0.1) is 44.4 Å². The molecule has 178 valence electrons. The Balaban J connectivity index is 1.91. The van der Waals surface area contributed by atoms with Gasteiger partial charge in [-0.15, -0.1) is 0 Å². The molecule has 1 aliphatic carbocycles. The maximum atomic E-state index is 12.7. The Labute approximate surface area is 185 Å². The van der Waals surface area contributed by atoms with E-state index in [1.54, 1.807) is 19.0 Å². The quantitative estimate of drug-likeness (QED) is 0.558. The van der Waals surface area contributed by atoms with Crippen molar-refractivity contribution in [2.75, 3.05) is 41.0 Å². The molecule has 9 heteroatoms. The van der Waals surface area contributed by atoms with Crippen LogP contribution < -0.4 is 0 Å². The maximum absolute atomic E-state index is 12.7. The van der Waals surface area contributed by atoms with Gasteiger partial charge in [-0.2, -0.15) is 0 Å². The van der Waals surface area contributed by atoms with Crippen LogP contribution in [0.2, 0.25) is 0 Å². The number of likely N-dealkylation sites (tertiary alicyclic amines) is 1. The second kappa shape index (κ2) is 11.1. The summed E-state index contributed by atoms with van der Waals surface area (Å²) < 4.78 is 22.3. The monoisotopic (exact) mass is 442 g/mol. The molecule has 2 fully saturated rings. The van der Waals surface area contributed by atoms with E-state index >= 15 is 0 Å². The molecule has 1 saturated heterocycles. The van der Waals surface area contributed by atoms with E-state index in [1.807, 2.05) is 20.8 Å². The number of rotatable bonds is 7. The van der Waals surface area contributed by atoms with Crippen molar-refractivity contribution in [2.24, 2.45) is 5.92 Å². The predicted octanol–water partition coefficient (Wildman–Crippen LogP) is 2.22. The van der Waals surface area contributed by atoms with Crippen molar-refractivity contribution in [3.8, 4) is 0 Å². The van der Waals surface area contributed by atoms with Crippen molar-refractivity contribution < 1.29 is 33.3 Å². The zero-order valence-electron chi connectivity index (χ0n) is 19.7. The normalized spacial score (nSPS) is 26.5. The van der Waals surface area contributed by atoms with Crippen molar-refractivity contribution in [2.45, 2.75) is 76.7 Å². The van der Waals surface area contributed by atoms with Crippen LogP contribution in [0.15, 0.2) is 0 Å². The molecule has 1 heterocycles. The Kier molecular flexibility index (Phi) is 9.12. The molecule has 0 aromatic carbocycles. The van der Waals surface area contributed by atoms with E-state index in [1.165, 1.54) is 12.0 Å². The topological polar surface area (TPSA) is 94.6 Å². The summed E-state index contributed by atoms with van der Waals surface area (Å²) in [5.41, 5.74) is -0.603. The number of carbonyl (C=O) groups is 3. The first-order chi connectivity index (χ1) is 14.5. The van der Waals surface area contributed by atoms with Crippen LogP contribution in [-0.4, -0.2) is 92.6 Å². The Hall–Kier alpha value is -1.87. The van der Waals surface area contributed by atoms with E-state index in [0.29, 0.717) is 19.6 Å². The lowest BCUT2D eigenvalue weighted by Crippen LogP contribution is -2.42. The van der Waals surface area contributed by atoms with Gasteiger partial charge in [-0.1, -0.05) is 0 Å². The largest absolute Gasteiger partial charge is 0.469 e. The molecule has 0 radical (unpaired) electrons. The van der Waals surface area contributed by atoms with Gasteiger partial charge in [0.25, 0.3) is 0 Å². The molecule has 0 aromatic heterocycles. The molecule has 2 atom stereocenters. The highest BCUT2D eigenvalue weighted by atomic mass is 16.6. The predicted molar refractivity (Wildman–Crippen MR) is 113 cm³/mol. The Bertz CT molecular complexity index is 624. The van der Waals surface area contributed by atoms with Crippen molar-refractivity contribution in [3.63, 3.8) is 0 Å². The Morgan fingerprint density at radius 3 is 2.19 bits per heavy atom. The minimum Gasteiger partial charge on any atom is -0.469 e. The fraction of sp³-hybridized carbons (Fsp3) is 0.864. The third kappa shape index (κ3) is 7.96. The lowest BCUT2D eigenvalue weighted by atomic mass is 9.87. The van der Waals surface area contributed by atoms with Gasteiger partial charge in [0.2, 0.25) is 5.91 Å². The third-order valence-electron chi connectivity index (χ3n) is 5.68. The van der Waals surface area contributed by atoms with Crippen LogP contribution in [0, 0.1) is 5.92 Å². The van der Waals surface area contributed by atoms with Gasteiger partial charge in [0.1, 0.15) is 12.2 Å². The van der Waals surface area contributed by atoms with Crippen molar-refractivity contribution >= 4 is 18.0 Å². The van der Waals surface area contributed by atoms with Crippen molar-refractivity contribution in [1.29, 1.82) is 0 Å². The molecule has 0 unspecified atom stereocenters. The van der Waals surface area contributed by atoms with Gasteiger partial charge in [-0.3, -0.25) is 9.59 Å². The zero-order valence-corrected chi connectivity index (χ0v) is 19.7. The summed E-state index contributed by atoms with van der Waals surface area (Å²) in [7, 11) is 4.78. The fourth-order valence-corrected chi connectivity index (χ4v) is 3.89. The number of nitrogens with zero attached hydrogens (tertiary/aromatic N) is 2. The molecule has 0 bridgehead atoms. The highest BCUT2D eigenvalue weighted by Gasteiger charge is 2.39. The first kappa shape index (κ1) is 25.4. The van der Waals surface area contributed by atoms with Gasteiger partial charge < -0.3 is 28.7 Å². The Morgan fingerprint density at radius 1 is 1.00 bits per heavy atom. The summed E-state index contributed by atoms with van der Waals surface area (Å²) in [6.07, 6.45) is 3.05. The van der Waals surface area contributed by atoms with Crippen LogP contribution in [0.25, 0.3) is 0 Å². The summed E-state index contributed by atoms with van der Waals surface area (Å²) >= 11 is 0. The van der Waals surface area contributed by atoms with Crippen LogP contribution in [0.1, 0.15) is 52.9 Å². The lowest BCUT2D eigenvalue weighted by molar-refractivity contribution is -0.147. The minimum atomic E-state index is -0.603. The van der Waals surface area contributed by atoms with Crippen LogP contribution in [0.4, 0.5) is 4.79 Å². The number of likely N-dealkylation sites (N-methyl/N-ethyl adjacent to an activating group) is 1. The lowest BCUT2D eigenvalue weighted by Gasteiger charge is -2.31. The molecule has 2 amide bonds. The van der Waals surface area contributed by atoms with E-state index in [2.05, 4.69) is 0 Å². The molecular weight excluding hydrogens is 404 g/mol. The van der Waals surface area contributed by atoms with E-state index < -0.39 is 11.7 Å². The second-order valence-electron chi connectivity index (χ2n) is 9.57. The fourth-order valence-electron chi connectivity index (χ4n) is 3.89. The molecule has 1 saturated carbocycles. The summed E-state index contributed by atoms with van der Waals surface area (Å²) in [5.74, 6) is -0.329. The first-order valence-corrected chi connectivity index (χ1v) is 11.0. The molecule has 2 aliphatic rings. The molecule has 31 heavy (non-hydrogen) atoms. The van der Waals surface area contributed by atoms with Gasteiger partial charge in [0.15, 0.2) is 0 Å². The second-order valence-corrected chi connectivity index (χ2v) is 9.57. The van der Waals surface area contributed by atoms with Crippen LogP contribution >= 0.6 is 0 Å². The number of amides is 2. The van der Waals surface area contributed by atoms with Crippen LogP contribution in [-0.2, 0) is 28.5 Å². The van der Waals surface area contributed by atoms with Gasteiger partial charge in [-0.05, 0) is 52.9 Å². The van der Waals surface area contributed by atoms with Crippen molar-refractivity contribution in [1.82, 2.24) is 9.80 Å². The number of carbonyl (C=O) groups excluding carboxylic acids is 3. The molecular formula is C22H38N2O7. The zero-order chi connectivity index (χ0) is 23.2. The van der Waals surface area contributed by atoms with Gasteiger partial charge in [0, 0.05) is 14.1 Å². The smallest absolute Gasteiger partial charge is 0.410 e. The number of hydrogen-bond acceptors (Lipinski definition) is 7. The van der Waals surface area contributed by atoms with Crippen LogP contribution in [0.5, 0.6) is 0 Å². The number of methoxy groups -OCH3 is 1. The average Bonchev–Trinajstić information content (AvgIpc) is 3.12. The van der Waals surface area contributed by atoms with E-state index in [-0.39, 0.29) is 42.7 Å². The summed E-state index contributed by atoms with van der Waals surface area (Å²) in [4.78, 5) is 39.4. The molecule has 0 spiro atoms. The van der Waals surface area contributed by atoms with E-state index in [0.717, 1.165) is 25.7 Å².